The summed E-state index contributed by atoms with van der Waals surface area (Å²) < 4.78 is 10.3. The van der Waals surface area contributed by atoms with Gasteiger partial charge in [-0.1, -0.05) is 28.4 Å². The number of hydrogen-bond acceptors (Lipinski definition) is 7. The number of pyridine rings is 1. The van der Waals surface area contributed by atoms with Crippen molar-refractivity contribution in [3.05, 3.63) is 46.0 Å². The second kappa shape index (κ2) is 7.98. The first kappa shape index (κ1) is 18.4. The van der Waals surface area contributed by atoms with Gasteiger partial charge in [0.25, 0.3) is 0 Å². The van der Waals surface area contributed by atoms with Crippen LogP contribution in [0, 0.1) is 0 Å². The maximum Gasteiger partial charge on any atom is 0.240 e. The van der Waals surface area contributed by atoms with Crippen LogP contribution < -0.4 is 4.90 Å². The summed E-state index contributed by atoms with van der Waals surface area (Å²) in [6.45, 7) is 4.47. The van der Waals surface area contributed by atoms with Crippen LogP contribution in [0.5, 0.6) is 0 Å². The van der Waals surface area contributed by atoms with Gasteiger partial charge in [-0.2, -0.15) is 4.98 Å². The fourth-order valence-electron chi connectivity index (χ4n) is 3.18. The number of hydrogen-bond donors (Lipinski definition) is 0. The van der Waals surface area contributed by atoms with E-state index in [2.05, 4.69) is 19.9 Å². The molecule has 1 aliphatic heterocycles. The van der Waals surface area contributed by atoms with Crippen LogP contribution in [0.25, 0.3) is 10.9 Å². The largest absolute Gasteiger partial charge is 0.377 e. The van der Waals surface area contributed by atoms with Gasteiger partial charge in [-0.05, 0) is 24.3 Å². The maximum atomic E-state index is 6.30. The number of rotatable bonds is 5. The maximum absolute atomic E-state index is 6.30. The Labute approximate surface area is 166 Å². The van der Waals surface area contributed by atoms with Gasteiger partial charge < -0.3 is 14.2 Å². The van der Waals surface area contributed by atoms with Crippen LogP contribution >= 0.6 is 23.2 Å². The second-order valence-corrected chi connectivity index (χ2v) is 7.21. The monoisotopic (exact) mass is 407 g/mol. The van der Waals surface area contributed by atoms with E-state index >= 15 is 0 Å². The summed E-state index contributed by atoms with van der Waals surface area (Å²) in [6.07, 6.45) is 0. The lowest BCUT2D eigenvalue weighted by molar-refractivity contribution is 0.174. The first-order valence-corrected chi connectivity index (χ1v) is 9.42. The van der Waals surface area contributed by atoms with Gasteiger partial charge in [0.05, 0.1) is 22.1 Å². The second-order valence-electron chi connectivity index (χ2n) is 6.40. The Kier molecular flexibility index (Phi) is 5.45. The summed E-state index contributed by atoms with van der Waals surface area (Å²) in [4.78, 5) is 13.6. The number of nitrogens with zero attached hydrogens (tertiary/aromatic N) is 5. The molecule has 1 aromatic carbocycles. The highest BCUT2D eigenvalue weighted by atomic mass is 35.5. The van der Waals surface area contributed by atoms with E-state index < -0.39 is 0 Å². The van der Waals surface area contributed by atoms with Gasteiger partial charge in [0.1, 0.15) is 12.4 Å². The minimum absolute atomic E-state index is 0.359. The van der Waals surface area contributed by atoms with E-state index in [1.807, 2.05) is 12.1 Å². The molecule has 0 N–H and O–H groups in total. The molecule has 0 radical (unpaired) electrons. The van der Waals surface area contributed by atoms with Crippen molar-refractivity contribution in [1.29, 1.82) is 0 Å². The van der Waals surface area contributed by atoms with E-state index in [0.29, 0.717) is 34.9 Å². The third kappa shape index (κ3) is 4.01. The number of anilines is 1. The summed E-state index contributed by atoms with van der Waals surface area (Å²) in [6, 6.07) is 7.55. The average molecular weight is 408 g/mol. The minimum atomic E-state index is 0.359. The number of halogens is 2. The number of fused-ring (bicyclic) bond motifs is 1. The zero-order valence-electron chi connectivity index (χ0n) is 14.9. The van der Waals surface area contributed by atoms with Gasteiger partial charge in [0.2, 0.25) is 5.89 Å². The molecule has 0 saturated carbocycles. The van der Waals surface area contributed by atoms with Gasteiger partial charge in [-0.25, -0.2) is 4.98 Å². The summed E-state index contributed by atoms with van der Waals surface area (Å²) in [7, 11) is 1.61. The number of ether oxygens (including phenoxy) is 1. The van der Waals surface area contributed by atoms with Crippen molar-refractivity contribution >= 4 is 39.9 Å². The SMILES string of the molecule is COCc1noc(CN2CCN(c3ccc4c(Cl)ccc(Cl)c4n3)CC2)n1. The molecule has 0 atom stereocenters. The van der Waals surface area contributed by atoms with E-state index in [1.165, 1.54) is 0 Å². The lowest BCUT2D eigenvalue weighted by Gasteiger charge is -2.34. The number of benzene rings is 1. The first-order valence-electron chi connectivity index (χ1n) is 8.66. The highest BCUT2D eigenvalue weighted by molar-refractivity contribution is 6.39. The van der Waals surface area contributed by atoms with Crippen molar-refractivity contribution in [3.8, 4) is 0 Å². The topological polar surface area (TPSA) is 67.5 Å². The summed E-state index contributed by atoms with van der Waals surface area (Å²) in [5, 5.41) is 6.03. The molecule has 9 heteroatoms. The van der Waals surface area contributed by atoms with E-state index in [1.54, 1.807) is 19.2 Å². The zero-order valence-corrected chi connectivity index (χ0v) is 16.4. The molecule has 1 saturated heterocycles. The molecule has 3 heterocycles. The van der Waals surface area contributed by atoms with Crippen LogP contribution in [0.15, 0.2) is 28.8 Å². The quantitative estimate of drug-likeness (QED) is 0.641. The van der Waals surface area contributed by atoms with E-state index in [-0.39, 0.29) is 0 Å². The Morgan fingerprint density at radius 2 is 1.81 bits per heavy atom. The Morgan fingerprint density at radius 1 is 1.04 bits per heavy atom. The molecule has 4 rings (SSSR count). The van der Waals surface area contributed by atoms with Crippen LogP contribution in [0.1, 0.15) is 11.7 Å². The number of piperazine rings is 1. The molecular weight excluding hydrogens is 389 g/mol. The van der Waals surface area contributed by atoms with E-state index in [0.717, 1.165) is 42.9 Å². The van der Waals surface area contributed by atoms with Gasteiger partial charge in [0, 0.05) is 38.7 Å². The van der Waals surface area contributed by atoms with Gasteiger partial charge in [-0.15, -0.1) is 0 Å². The van der Waals surface area contributed by atoms with Crippen molar-refractivity contribution in [2.24, 2.45) is 0 Å². The predicted molar refractivity (Wildman–Crippen MR) is 104 cm³/mol. The number of methoxy groups -OCH3 is 1. The van der Waals surface area contributed by atoms with E-state index in [9.17, 15) is 0 Å². The van der Waals surface area contributed by atoms with Crippen LogP contribution in [0.2, 0.25) is 10.0 Å². The van der Waals surface area contributed by atoms with Crippen LogP contribution in [-0.4, -0.2) is 53.3 Å². The summed E-state index contributed by atoms with van der Waals surface area (Å²) in [5.74, 6) is 2.09. The highest BCUT2D eigenvalue weighted by Crippen LogP contribution is 2.30. The van der Waals surface area contributed by atoms with Crippen molar-refractivity contribution < 1.29 is 9.26 Å². The van der Waals surface area contributed by atoms with E-state index in [4.69, 9.17) is 37.4 Å². The molecule has 0 spiro atoms. The molecule has 2 aromatic heterocycles. The molecular formula is C18H19Cl2N5O2. The molecule has 0 aliphatic carbocycles. The van der Waals surface area contributed by atoms with Gasteiger partial charge in [0.15, 0.2) is 5.82 Å². The zero-order chi connectivity index (χ0) is 18.8. The fraction of sp³-hybridized carbons (Fsp3) is 0.389. The molecule has 0 unspecified atom stereocenters. The fourth-order valence-corrected chi connectivity index (χ4v) is 3.61. The van der Waals surface area contributed by atoms with Crippen LogP contribution in [0.4, 0.5) is 5.82 Å². The summed E-state index contributed by atoms with van der Waals surface area (Å²) >= 11 is 12.5. The average Bonchev–Trinajstić information content (AvgIpc) is 3.12. The van der Waals surface area contributed by atoms with Gasteiger partial charge in [-0.3, -0.25) is 4.90 Å². The third-order valence-electron chi connectivity index (χ3n) is 4.58. The van der Waals surface area contributed by atoms with Gasteiger partial charge >= 0.3 is 0 Å². The lowest BCUT2D eigenvalue weighted by Crippen LogP contribution is -2.46. The molecule has 1 aliphatic rings. The third-order valence-corrected chi connectivity index (χ3v) is 5.21. The predicted octanol–water partition coefficient (Wildman–Crippen LogP) is 3.39. The molecule has 0 bridgehead atoms. The smallest absolute Gasteiger partial charge is 0.240 e. The van der Waals surface area contributed by atoms with Crippen molar-refractivity contribution in [1.82, 2.24) is 20.0 Å². The molecule has 3 aromatic rings. The standard InChI is InChI=1S/C18H19Cl2N5O2/c1-26-11-15-21-17(27-23-15)10-24-6-8-25(9-7-24)16-5-2-12-13(19)3-4-14(20)18(12)22-16/h2-5H,6-11H2,1H3. The minimum Gasteiger partial charge on any atom is -0.377 e. The van der Waals surface area contributed by atoms with Crippen molar-refractivity contribution in [2.75, 3.05) is 38.2 Å². The molecule has 142 valence electrons. The molecule has 27 heavy (non-hydrogen) atoms. The molecule has 0 amide bonds. The lowest BCUT2D eigenvalue weighted by atomic mass is 10.2. The molecule has 7 nitrogen and oxygen atoms in total. The Hall–Kier alpha value is -1.93. The number of aromatic nitrogens is 3. The first-order chi connectivity index (χ1) is 13.1. The van der Waals surface area contributed by atoms with Crippen molar-refractivity contribution in [2.45, 2.75) is 13.2 Å². The molecule has 1 fully saturated rings. The Bertz CT molecular complexity index is 941. The Balaban J connectivity index is 1.41. The van der Waals surface area contributed by atoms with Crippen LogP contribution in [-0.2, 0) is 17.9 Å². The van der Waals surface area contributed by atoms with Crippen LogP contribution in [0.3, 0.4) is 0 Å². The normalized spacial score (nSPS) is 15.6. The Morgan fingerprint density at radius 3 is 2.59 bits per heavy atom. The highest BCUT2D eigenvalue weighted by Gasteiger charge is 2.21. The summed E-state index contributed by atoms with van der Waals surface area (Å²) in [5.41, 5.74) is 0.737. The van der Waals surface area contributed by atoms with Crippen molar-refractivity contribution in [3.63, 3.8) is 0 Å².